The first-order valence-corrected chi connectivity index (χ1v) is 11.9. The number of hydrogen-bond donors (Lipinski definition) is 1. The molecule has 31 heavy (non-hydrogen) atoms. The number of H-pyrrole nitrogens is 1. The first kappa shape index (κ1) is 18.9. The molecule has 1 atom stereocenters. The molecule has 4 aromatic rings. The number of fused-ring (bicyclic) bond motifs is 2. The molecule has 0 radical (unpaired) electrons. The van der Waals surface area contributed by atoms with Crippen LogP contribution < -0.4 is 4.74 Å². The number of amides is 1. The molecule has 0 bridgehead atoms. The molecule has 2 fully saturated rings. The van der Waals surface area contributed by atoms with Gasteiger partial charge in [-0.2, -0.15) is 0 Å². The van der Waals surface area contributed by atoms with Gasteiger partial charge >= 0.3 is 0 Å². The normalized spacial score (nSPS) is 19.4. The molecule has 160 valence electrons. The van der Waals surface area contributed by atoms with Crippen LogP contribution in [0.1, 0.15) is 65.2 Å². The first-order valence-electron chi connectivity index (χ1n) is 11.0. The van der Waals surface area contributed by atoms with E-state index in [-0.39, 0.29) is 5.91 Å². The highest BCUT2D eigenvalue weighted by Crippen LogP contribution is 2.41. The molecular weight excluding hydrogens is 408 g/mol. The summed E-state index contributed by atoms with van der Waals surface area (Å²) in [6, 6.07) is 7.78. The number of hydrogen-bond acceptors (Lipinski definition) is 4. The molecule has 1 N–H and O–H groups in total. The van der Waals surface area contributed by atoms with Gasteiger partial charge in [-0.3, -0.25) is 9.20 Å². The van der Waals surface area contributed by atoms with Crippen molar-refractivity contribution in [2.24, 2.45) is 0 Å². The molecule has 0 spiro atoms. The van der Waals surface area contributed by atoms with E-state index >= 15 is 0 Å². The fraction of sp³-hybridized carbons (Fsp3) is 0.417. The van der Waals surface area contributed by atoms with Crippen LogP contribution >= 0.6 is 11.3 Å². The monoisotopic (exact) mass is 434 g/mol. The predicted octanol–water partition coefficient (Wildman–Crippen LogP) is 5.09. The third-order valence-corrected chi connectivity index (χ3v) is 8.05. The van der Waals surface area contributed by atoms with Crippen molar-refractivity contribution in [1.82, 2.24) is 19.3 Å². The summed E-state index contributed by atoms with van der Waals surface area (Å²) >= 11 is 1.79. The lowest BCUT2D eigenvalue weighted by Gasteiger charge is -2.24. The highest BCUT2D eigenvalue weighted by Gasteiger charge is 2.34. The van der Waals surface area contributed by atoms with E-state index in [2.05, 4.69) is 21.7 Å². The average molecular weight is 435 g/mol. The van der Waals surface area contributed by atoms with E-state index in [1.165, 1.54) is 41.3 Å². The number of methoxy groups -OCH3 is 1. The third kappa shape index (κ3) is 2.97. The summed E-state index contributed by atoms with van der Waals surface area (Å²) < 4.78 is 7.67. The highest BCUT2D eigenvalue weighted by molar-refractivity contribution is 7.15. The largest absolute Gasteiger partial charge is 0.497 e. The Kier molecular flexibility index (Phi) is 4.35. The molecule has 1 aromatic carbocycles. The van der Waals surface area contributed by atoms with E-state index in [1.807, 2.05) is 29.2 Å². The molecular formula is C24H26N4O2S. The molecule has 1 saturated carbocycles. The zero-order valence-electron chi connectivity index (χ0n) is 17.9. The van der Waals surface area contributed by atoms with Crippen LogP contribution in [0.15, 0.2) is 29.6 Å². The minimum atomic E-state index is 0.0645. The molecule has 1 aliphatic carbocycles. The summed E-state index contributed by atoms with van der Waals surface area (Å²) in [5.41, 5.74) is 4.03. The second-order valence-electron chi connectivity index (χ2n) is 8.87. The Morgan fingerprint density at radius 1 is 1.23 bits per heavy atom. The van der Waals surface area contributed by atoms with Crippen LogP contribution in [-0.2, 0) is 0 Å². The standard InChI is InChI=1S/C24H26N4O2S/c1-14-13-31-24-21(26-22(28(14)24)15-4-3-5-15)17-8-9-27(12-17)23(29)20-10-16-6-7-18(30-2)11-19(16)25-20/h6-7,10-11,13,15,17,25H,3-5,8-9,12H2,1-2H3. The Balaban J connectivity index is 1.27. The predicted molar refractivity (Wildman–Crippen MR) is 123 cm³/mol. The van der Waals surface area contributed by atoms with Crippen molar-refractivity contribution in [1.29, 1.82) is 0 Å². The number of benzene rings is 1. The highest BCUT2D eigenvalue weighted by atomic mass is 32.1. The van der Waals surface area contributed by atoms with Crippen molar-refractivity contribution in [3.63, 3.8) is 0 Å². The molecule has 6 rings (SSSR count). The molecule has 1 unspecified atom stereocenters. The number of likely N-dealkylation sites (tertiary alicyclic amines) is 1. The summed E-state index contributed by atoms with van der Waals surface area (Å²) in [7, 11) is 1.65. The summed E-state index contributed by atoms with van der Waals surface area (Å²) in [4.78, 5) is 24.9. The minimum absolute atomic E-state index is 0.0645. The van der Waals surface area contributed by atoms with Gasteiger partial charge in [0.15, 0.2) is 0 Å². The van der Waals surface area contributed by atoms with Crippen LogP contribution in [0.25, 0.3) is 15.7 Å². The van der Waals surface area contributed by atoms with E-state index in [9.17, 15) is 4.79 Å². The minimum Gasteiger partial charge on any atom is -0.497 e. The van der Waals surface area contributed by atoms with Crippen molar-refractivity contribution in [3.05, 3.63) is 52.6 Å². The number of nitrogens with zero attached hydrogens (tertiary/aromatic N) is 3. The fourth-order valence-electron chi connectivity index (χ4n) is 4.98. The van der Waals surface area contributed by atoms with Crippen LogP contribution in [0.2, 0.25) is 0 Å². The molecule has 1 saturated heterocycles. The number of aryl methyl sites for hydroxylation is 1. The zero-order chi connectivity index (χ0) is 21.1. The molecule has 2 aliphatic rings. The maximum Gasteiger partial charge on any atom is 0.270 e. The number of thiazole rings is 1. The van der Waals surface area contributed by atoms with E-state index in [0.29, 0.717) is 17.5 Å². The second kappa shape index (κ2) is 7.12. The Morgan fingerprint density at radius 3 is 2.87 bits per heavy atom. The van der Waals surface area contributed by atoms with Gasteiger partial charge in [-0.1, -0.05) is 6.42 Å². The van der Waals surface area contributed by atoms with Crippen molar-refractivity contribution in [3.8, 4) is 5.75 Å². The van der Waals surface area contributed by atoms with Gasteiger partial charge in [-0.25, -0.2) is 4.98 Å². The van der Waals surface area contributed by atoms with Crippen LogP contribution in [-0.4, -0.2) is 45.4 Å². The summed E-state index contributed by atoms with van der Waals surface area (Å²) in [6.45, 7) is 3.67. The van der Waals surface area contributed by atoms with Crippen LogP contribution in [0.4, 0.5) is 0 Å². The van der Waals surface area contributed by atoms with Gasteiger partial charge in [0.1, 0.15) is 22.1 Å². The van der Waals surface area contributed by atoms with Crippen molar-refractivity contribution >= 4 is 33.0 Å². The van der Waals surface area contributed by atoms with Gasteiger partial charge in [0.05, 0.1) is 12.8 Å². The fourth-order valence-corrected chi connectivity index (χ4v) is 6.04. The number of ether oxygens (including phenoxy) is 1. The maximum atomic E-state index is 13.2. The SMILES string of the molecule is COc1ccc2cc(C(=O)N3CCC(c4nc(C5CCC5)n5c(C)csc45)C3)[nH]c2c1. The van der Waals surface area contributed by atoms with E-state index in [0.717, 1.165) is 36.2 Å². The number of aromatic nitrogens is 3. The molecule has 6 nitrogen and oxygen atoms in total. The summed E-state index contributed by atoms with van der Waals surface area (Å²) in [6.07, 6.45) is 4.76. The Bertz CT molecular complexity index is 1300. The van der Waals surface area contributed by atoms with E-state index in [4.69, 9.17) is 9.72 Å². The smallest absolute Gasteiger partial charge is 0.270 e. The van der Waals surface area contributed by atoms with Gasteiger partial charge in [0.25, 0.3) is 5.91 Å². The number of carbonyl (C=O) groups excluding carboxylic acids is 1. The second-order valence-corrected chi connectivity index (χ2v) is 9.73. The van der Waals surface area contributed by atoms with Gasteiger partial charge in [-0.15, -0.1) is 11.3 Å². The van der Waals surface area contributed by atoms with Crippen LogP contribution in [0, 0.1) is 6.92 Å². The quantitative estimate of drug-likeness (QED) is 0.487. The number of aromatic amines is 1. The topological polar surface area (TPSA) is 62.6 Å². The first-order chi connectivity index (χ1) is 15.1. The van der Waals surface area contributed by atoms with Crippen molar-refractivity contribution in [2.75, 3.05) is 20.2 Å². The zero-order valence-corrected chi connectivity index (χ0v) is 18.7. The van der Waals surface area contributed by atoms with Gasteiger partial charge in [0.2, 0.25) is 0 Å². The van der Waals surface area contributed by atoms with Crippen molar-refractivity contribution < 1.29 is 9.53 Å². The Morgan fingerprint density at radius 2 is 2.10 bits per heavy atom. The molecule has 7 heteroatoms. The van der Waals surface area contributed by atoms with E-state index in [1.54, 1.807) is 18.4 Å². The average Bonchev–Trinajstić information content (AvgIpc) is 3.50. The number of nitrogens with one attached hydrogen (secondary N) is 1. The van der Waals surface area contributed by atoms with Gasteiger partial charge in [-0.05, 0) is 44.4 Å². The van der Waals surface area contributed by atoms with E-state index < -0.39 is 0 Å². The number of carbonyl (C=O) groups is 1. The summed E-state index contributed by atoms with van der Waals surface area (Å²) in [5, 5.41) is 3.26. The Hall–Kier alpha value is -2.80. The molecule has 3 aromatic heterocycles. The van der Waals surface area contributed by atoms with Crippen molar-refractivity contribution in [2.45, 2.75) is 44.4 Å². The van der Waals surface area contributed by atoms with Crippen LogP contribution in [0.5, 0.6) is 5.75 Å². The summed E-state index contributed by atoms with van der Waals surface area (Å²) in [5.74, 6) is 2.98. The maximum absolute atomic E-state index is 13.2. The van der Waals surface area contributed by atoms with Gasteiger partial charge in [0, 0.05) is 53.0 Å². The number of imidazole rings is 1. The molecule has 4 heterocycles. The lowest BCUT2D eigenvalue weighted by Crippen LogP contribution is -2.28. The van der Waals surface area contributed by atoms with Gasteiger partial charge < -0.3 is 14.6 Å². The molecule has 1 aliphatic heterocycles. The third-order valence-electron chi connectivity index (χ3n) is 6.97. The van der Waals surface area contributed by atoms with Crippen LogP contribution in [0.3, 0.4) is 0 Å². The lowest BCUT2D eigenvalue weighted by atomic mass is 9.85. The Labute approximate surface area is 184 Å². The number of rotatable bonds is 4. The molecule has 1 amide bonds. The lowest BCUT2D eigenvalue weighted by molar-refractivity contribution is 0.0786.